The predicted molar refractivity (Wildman–Crippen MR) is 69.4 cm³/mol. The summed E-state index contributed by atoms with van der Waals surface area (Å²) in [5.41, 5.74) is 7.53. The highest BCUT2D eigenvalue weighted by Crippen LogP contribution is 2.11. The number of aryl methyl sites for hydroxylation is 1. The molecule has 19 heavy (non-hydrogen) atoms. The fourth-order valence-electron chi connectivity index (χ4n) is 1.49. The minimum absolute atomic E-state index is 0.0539. The van der Waals surface area contributed by atoms with Crippen molar-refractivity contribution in [2.24, 2.45) is 5.73 Å². The molecule has 0 aliphatic rings. The number of hydrogen-bond acceptors (Lipinski definition) is 4. The Labute approximate surface area is 111 Å². The molecule has 0 heterocycles. The first-order valence-electron chi connectivity index (χ1n) is 5.92. The van der Waals surface area contributed by atoms with Crippen molar-refractivity contribution in [2.45, 2.75) is 25.5 Å². The minimum Gasteiger partial charge on any atom is -0.479 e. The second-order valence-corrected chi connectivity index (χ2v) is 4.32. The van der Waals surface area contributed by atoms with E-state index in [1.807, 2.05) is 19.1 Å². The number of carbonyl (C=O) groups excluding carboxylic acids is 1. The maximum Gasteiger partial charge on any atom is 0.332 e. The largest absolute Gasteiger partial charge is 0.479 e. The molecule has 0 saturated heterocycles. The number of nitrogens with one attached hydrogen (secondary N) is 1. The summed E-state index contributed by atoms with van der Waals surface area (Å²) >= 11 is 0. The van der Waals surface area contributed by atoms with Gasteiger partial charge in [-0.05, 0) is 12.5 Å². The number of aliphatic carboxylic acids is 1. The Morgan fingerprint density at radius 1 is 1.32 bits per heavy atom. The molecule has 6 heteroatoms. The average Bonchev–Trinajstić information content (AvgIpc) is 2.38. The van der Waals surface area contributed by atoms with Crippen LogP contribution in [-0.4, -0.2) is 34.7 Å². The number of carboxylic acid groups (broad SMARTS) is 1. The fourth-order valence-corrected chi connectivity index (χ4v) is 1.49. The van der Waals surface area contributed by atoms with Crippen molar-refractivity contribution in [1.82, 2.24) is 5.32 Å². The molecule has 0 saturated carbocycles. The molecule has 0 spiro atoms. The fraction of sp³-hybridized carbons (Fsp3) is 0.385. The number of carboxylic acids is 1. The highest BCUT2D eigenvalue weighted by molar-refractivity contribution is 5.83. The van der Waals surface area contributed by atoms with E-state index >= 15 is 0 Å². The van der Waals surface area contributed by atoms with Gasteiger partial charge < -0.3 is 21.3 Å². The number of carbonyl (C=O) groups is 2. The van der Waals surface area contributed by atoms with E-state index in [9.17, 15) is 9.59 Å². The van der Waals surface area contributed by atoms with Gasteiger partial charge in [0.15, 0.2) is 6.10 Å². The van der Waals surface area contributed by atoms with Gasteiger partial charge in [-0.3, -0.25) is 4.79 Å². The van der Waals surface area contributed by atoms with Crippen molar-refractivity contribution < 1.29 is 19.8 Å². The summed E-state index contributed by atoms with van der Waals surface area (Å²) in [6.45, 7) is 1.99. The van der Waals surface area contributed by atoms with Gasteiger partial charge in [0.25, 0.3) is 0 Å². The monoisotopic (exact) mass is 266 g/mol. The molecule has 2 atom stereocenters. The van der Waals surface area contributed by atoms with Gasteiger partial charge in [-0.25, -0.2) is 4.79 Å². The van der Waals surface area contributed by atoms with Crippen LogP contribution < -0.4 is 11.1 Å². The van der Waals surface area contributed by atoms with Crippen LogP contribution >= 0.6 is 0 Å². The van der Waals surface area contributed by atoms with Gasteiger partial charge in [-0.15, -0.1) is 0 Å². The molecule has 5 N–H and O–H groups in total. The summed E-state index contributed by atoms with van der Waals surface area (Å²) in [6.07, 6.45) is -1.53. The lowest BCUT2D eigenvalue weighted by atomic mass is 10.1. The van der Waals surface area contributed by atoms with Crippen LogP contribution in [0.4, 0.5) is 0 Å². The summed E-state index contributed by atoms with van der Waals surface area (Å²) in [5, 5.41) is 20.0. The van der Waals surface area contributed by atoms with Crippen molar-refractivity contribution in [3.63, 3.8) is 0 Å². The van der Waals surface area contributed by atoms with E-state index in [2.05, 4.69) is 5.32 Å². The zero-order chi connectivity index (χ0) is 14.4. The molecule has 1 aromatic carbocycles. The normalized spacial score (nSPS) is 13.6. The van der Waals surface area contributed by atoms with Crippen LogP contribution in [0.3, 0.4) is 0 Å². The zero-order valence-electron chi connectivity index (χ0n) is 10.7. The molecule has 0 aromatic heterocycles. The van der Waals surface area contributed by atoms with E-state index < -0.39 is 24.0 Å². The minimum atomic E-state index is -1.48. The van der Waals surface area contributed by atoms with Crippen molar-refractivity contribution in [3.8, 4) is 0 Å². The summed E-state index contributed by atoms with van der Waals surface area (Å²) in [5.74, 6) is -1.71. The molecule has 1 amide bonds. The number of hydrogen-bond donors (Lipinski definition) is 4. The van der Waals surface area contributed by atoms with E-state index in [0.29, 0.717) is 5.56 Å². The maximum absolute atomic E-state index is 11.7. The van der Waals surface area contributed by atoms with E-state index in [1.54, 1.807) is 12.1 Å². The Morgan fingerprint density at radius 2 is 1.89 bits per heavy atom. The molecular formula is C13H18N2O4. The smallest absolute Gasteiger partial charge is 0.332 e. The molecular weight excluding hydrogens is 248 g/mol. The summed E-state index contributed by atoms with van der Waals surface area (Å²) in [6, 6.07) is 6.45. The van der Waals surface area contributed by atoms with Crippen LogP contribution in [0, 0.1) is 6.92 Å². The second kappa shape index (κ2) is 6.86. The first-order valence-corrected chi connectivity index (χ1v) is 5.92. The number of amides is 1. The van der Waals surface area contributed by atoms with Gasteiger partial charge in [0, 0.05) is 13.0 Å². The molecule has 0 aliphatic carbocycles. The molecule has 2 unspecified atom stereocenters. The quantitative estimate of drug-likeness (QED) is 0.576. The Bertz CT molecular complexity index is 444. The van der Waals surface area contributed by atoms with E-state index in [-0.39, 0.29) is 13.0 Å². The van der Waals surface area contributed by atoms with Gasteiger partial charge in [-0.1, -0.05) is 29.8 Å². The third-order valence-corrected chi connectivity index (χ3v) is 2.72. The predicted octanol–water partition coefficient (Wildman–Crippen LogP) is -0.0534. The summed E-state index contributed by atoms with van der Waals surface area (Å²) in [4.78, 5) is 22.1. The lowest BCUT2D eigenvalue weighted by Crippen LogP contribution is -2.36. The first-order chi connectivity index (χ1) is 8.91. The number of aliphatic hydroxyl groups excluding tert-OH is 1. The third-order valence-electron chi connectivity index (χ3n) is 2.72. The Morgan fingerprint density at radius 3 is 2.42 bits per heavy atom. The second-order valence-electron chi connectivity index (χ2n) is 4.32. The van der Waals surface area contributed by atoms with Crippen LogP contribution in [0.5, 0.6) is 0 Å². The maximum atomic E-state index is 11.7. The van der Waals surface area contributed by atoms with Gasteiger partial charge >= 0.3 is 5.97 Å². The average molecular weight is 266 g/mol. The number of benzene rings is 1. The van der Waals surface area contributed by atoms with Crippen molar-refractivity contribution in [2.75, 3.05) is 6.54 Å². The molecule has 104 valence electrons. The van der Waals surface area contributed by atoms with E-state index in [0.717, 1.165) is 5.56 Å². The van der Waals surface area contributed by atoms with Crippen LogP contribution in [0.15, 0.2) is 24.3 Å². The Balaban J connectivity index is 2.45. The molecule has 0 radical (unpaired) electrons. The number of aliphatic hydroxyl groups is 1. The van der Waals surface area contributed by atoms with Crippen molar-refractivity contribution in [1.29, 1.82) is 0 Å². The van der Waals surface area contributed by atoms with Crippen LogP contribution in [0.2, 0.25) is 0 Å². The van der Waals surface area contributed by atoms with Crippen molar-refractivity contribution >= 4 is 11.9 Å². The van der Waals surface area contributed by atoms with Crippen LogP contribution in [0.25, 0.3) is 0 Å². The lowest BCUT2D eigenvalue weighted by molar-refractivity contribution is -0.147. The topological polar surface area (TPSA) is 113 Å². The van der Waals surface area contributed by atoms with E-state index in [4.69, 9.17) is 15.9 Å². The summed E-state index contributed by atoms with van der Waals surface area (Å²) in [7, 11) is 0. The highest BCUT2D eigenvalue weighted by Gasteiger charge is 2.17. The highest BCUT2D eigenvalue weighted by atomic mass is 16.4. The zero-order valence-corrected chi connectivity index (χ0v) is 10.7. The van der Waals surface area contributed by atoms with Gasteiger partial charge in [-0.2, -0.15) is 0 Å². The molecule has 1 rings (SSSR count). The Kier molecular flexibility index (Phi) is 5.47. The third kappa shape index (κ3) is 4.69. The first kappa shape index (κ1) is 15.1. The van der Waals surface area contributed by atoms with Gasteiger partial charge in [0.1, 0.15) is 6.04 Å². The number of nitrogens with two attached hydrogens (primary N) is 1. The Hall–Kier alpha value is -1.92. The standard InChI is InChI=1S/C13H18N2O4/c1-8-2-4-9(5-3-8)11(14)12(17)15-7-6-10(16)13(18)19/h2-5,10-11,16H,6-7,14H2,1H3,(H,15,17)(H,18,19). The summed E-state index contributed by atoms with van der Waals surface area (Å²) < 4.78 is 0. The SMILES string of the molecule is Cc1ccc(C(N)C(=O)NCCC(O)C(=O)O)cc1. The van der Waals surface area contributed by atoms with Gasteiger partial charge in [0.2, 0.25) is 5.91 Å². The lowest BCUT2D eigenvalue weighted by Gasteiger charge is -2.13. The number of rotatable bonds is 6. The van der Waals surface area contributed by atoms with Crippen LogP contribution in [0.1, 0.15) is 23.6 Å². The molecule has 6 nitrogen and oxygen atoms in total. The van der Waals surface area contributed by atoms with Gasteiger partial charge in [0.05, 0.1) is 0 Å². The van der Waals surface area contributed by atoms with Crippen LogP contribution in [-0.2, 0) is 9.59 Å². The van der Waals surface area contributed by atoms with E-state index in [1.165, 1.54) is 0 Å². The van der Waals surface area contributed by atoms with Crippen molar-refractivity contribution in [3.05, 3.63) is 35.4 Å². The molecule has 1 aromatic rings. The molecule has 0 aliphatic heterocycles. The molecule has 0 bridgehead atoms. The molecule has 0 fully saturated rings.